The van der Waals surface area contributed by atoms with Crippen molar-refractivity contribution in [2.75, 3.05) is 14.2 Å². The maximum absolute atomic E-state index is 5.14. The maximum atomic E-state index is 5.14. The van der Waals surface area contributed by atoms with Gasteiger partial charge in [-0.3, -0.25) is 0 Å². The van der Waals surface area contributed by atoms with Crippen LogP contribution in [0.5, 0.6) is 5.75 Å². The molecule has 1 atom stereocenters. The first-order chi connectivity index (χ1) is 8.72. The van der Waals surface area contributed by atoms with Gasteiger partial charge >= 0.3 is 0 Å². The molecule has 5 heteroatoms. The molecule has 0 spiro atoms. The Morgan fingerprint density at radius 2 is 2.00 bits per heavy atom. The minimum atomic E-state index is 0.257. The van der Waals surface area contributed by atoms with Crippen LogP contribution in [0.3, 0.4) is 0 Å². The summed E-state index contributed by atoms with van der Waals surface area (Å²) in [4.78, 5) is 0. The Kier molecular flexibility index (Phi) is 4.28. The van der Waals surface area contributed by atoms with Crippen LogP contribution >= 0.6 is 11.3 Å². The van der Waals surface area contributed by atoms with E-state index >= 15 is 0 Å². The van der Waals surface area contributed by atoms with E-state index in [1.165, 1.54) is 5.56 Å². The van der Waals surface area contributed by atoms with Crippen LogP contribution in [0.1, 0.15) is 28.5 Å². The summed E-state index contributed by atoms with van der Waals surface area (Å²) in [6, 6.07) is 8.30. The Bertz CT molecular complexity index is 495. The summed E-state index contributed by atoms with van der Waals surface area (Å²) < 4.78 is 5.14. The highest BCUT2D eigenvalue weighted by atomic mass is 32.1. The van der Waals surface area contributed by atoms with Crippen LogP contribution < -0.4 is 10.1 Å². The predicted octanol–water partition coefficient (Wildman–Crippen LogP) is 2.42. The molecule has 0 aliphatic rings. The Balaban J connectivity index is 2.06. The number of rotatable bonds is 5. The minimum Gasteiger partial charge on any atom is -0.497 e. The number of aromatic nitrogens is 2. The third-order valence-corrected chi connectivity index (χ3v) is 3.91. The molecular formula is C13H17N3OS. The molecule has 96 valence electrons. The standard InChI is InChI=1S/C13H17N3OS/c1-9(14-2)13-16-15-12(18-13)8-10-4-6-11(17-3)7-5-10/h4-7,9,14H,8H2,1-3H3. The van der Waals surface area contributed by atoms with Crippen molar-refractivity contribution >= 4 is 11.3 Å². The lowest BCUT2D eigenvalue weighted by atomic mass is 10.1. The lowest BCUT2D eigenvalue weighted by Crippen LogP contribution is -2.11. The second-order valence-electron chi connectivity index (χ2n) is 4.07. The molecule has 0 saturated heterocycles. The van der Waals surface area contributed by atoms with Crippen molar-refractivity contribution in [1.82, 2.24) is 15.5 Å². The first kappa shape index (κ1) is 13.0. The largest absolute Gasteiger partial charge is 0.497 e. The molecule has 1 aromatic carbocycles. The van der Waals surface area contributed by atoms with E-state index in [9.17, 15) is 0 Å². The predicted molar refractivity (Wildman–Crippen MR) is 73.2 cm³/mol. The molecule has 0 saturated carbocycles. The average molecular weight is 263 g/mol. The number of ether oxygens (including phenoxy) is 1. The molecule has 18 heavy (non-hydrogen) atoms. The molecule has 4 nitrogen and oxygen atoms in total. The van der Waals surface area contributed by atoms with Gasteiger partial charge in [0.15, 0.2) is 0 Å². The zero-order chi connectivity index (χ0) is 13.0. The van der Waals surface area contributed by atoms with E-state index < -0.39 is 0 Å². The molecule has 0 fully saturated rings. The van der Waals surface area contributed by atoms with Crippen LogP contribution in [-0.4, -0.2) is 24.4 Å². The molecule has 2 aromatic rings. The minimum absolute atomic E-state index is 0.257. The summed E-state index contributed by atoms with van der Waals surface area (Å²) >= 11 is 1.65. The van der Waals surface area contributed by atoms with Crippen LogP contribution in [0, 0.1) is 0 Å². The van der Waals surface area contributed by atoms with Gasteiger partial charge in [-0.2, -0.15) is 0 Å². The van der Waals surface area contributed by atoms with Crippen LogP contribution in [0.25, 0.3) is 0 Å². The highest BCUT2D eigenvalue weighted by molar-refractivity contribution is 7.11. The third kappa shape index (κ3) is 3.05. The summed E-state index contributed by atoms with van der Waals surface area (Å²) in [7, 11) is 3.60. The monoisotopic (exact) mass is 263 g/mol. The highest BCUT2D eigenvalue weighted by Gasteiger charge is 2.10. The molecule has 1 heterocycles. The van der Waals surface area contributed by atoms with Crippen molar-refractivity contribution in [3.8, 4) is 5.75 Å². The van der Waals surface area contributed by atoms with Crippen LogP contribution in [0.15, 0.2) is 24.3 Å². The zero-order valence-corrected chi connectivity index (χ0v) is 11.6. The molecule has 1 N–H and O–H groups in total. The average Bonchev–Trinajstić information content (AvgIpc) is 2.87. The summed E-state index contributed by atoms with van der Waals surface area (Å²) in [5.74, 6) is 0.875. The molecule has 0 bridgehead atoms. The van der Waals surface area contributed by atoms with E-state index in [-0.39, 0.29) is 6.04 Å². The fraction of sp³-hybridized carbons (Fsp3) is 0.385. The highest BCUT2D eigenvalue weighted by Crippen LogP contribution is 2.20. The lowest BCUT2D eigenvalue weighted by molar-refractivity contribution is 0.414. The van der Waals surface area contributed by atoms with E-state index in [1.807, 2.05) is 19.2 Å². The zero-order valence-electron chi connectivity index (χ0n) is 10.8. The normalized spacial score (nSPS) is 12.4. The van der Waals surface area contributed by atoms with E-state index in [4.69, 9.17) is 4.74 Å². The Morgan fingerprint density at radius 1 is 1.28 bits per heavy atom. The van der Waals surface area contributed by atoms with Gasteiger partial charge in [0.1, 0.15) is 15.8 Å². The lowest BCUT2D eigenvalue weighted by Gasteiger charge is -2.03. The smallest absolute Gasteiger partial charge is 0.134 e. The number of hydrogen-bond donors (Lipinski definition) is 1. The van der Waals surface area contributed by atoms with Crippen molar-refractivity contribution in [3.63, 3.8) is 0 Å². The number of hydrogen-bond acceptors (Lipinski definition) is 5. The van der Waals surface area contributed by atoms with Crippen LogP contribution in [-0.2, 0) is 6.42 Å². The van der Waals surface area contributed by atoms with Crippen molar-refractivity contribution in [2.45, 2.75) is 19.4 Å². The first-order valence-electron chi connectivity index (χ1n) is 5.85. The van der Waals surface area contributed by atoms with Crippen LogP contribution in [0.2, 0.25) is 0 Å². The molecule has 0 aliphatic heterocycles. The molecule has 0 aliphatic carbocycles. The summed E-state index contributed by atoms with van der Waals surface area (Å²) in [5.41, 5.74) is 1.22. The molecule has 2 rings (SSSR count). The Morgan fingerprint density at radius 3 is 2.61 bits per heavy atom. The molecule has 1 aromatic heterocycles. The van der Waals surface area contributed by atoms with Gasteiger partial charge in [0, 0.05) is 6.42 Å². The van der Waals surface area contributed by atoms with Crippen molar-refractivity contribution in [3.05, 3.63) is 39.8 Å². The summed E-state index contributed by atoms with van der Waals surface area (Å²) in [6.45, 7) is 2.08. The van der Waals surface area contributed by atoms with Gasteiger partial charge < -0.3 is 10.1 Å². The van der Waals surface area contributed by atoms with E-state index in [0.717, 1.165) is 22.2 Å². The number of benzene rings is 1. The summed E-state index contributed by atoms with van der Waals surface area (Å²) in [5, 5.41) is 13.7. The first-order valence-corrected chi connectivity index (χ1v) is 6.67. The number of nitrogens with one attached hydrogen (secondary N) is 1. The van der Waals surface area contributed by atoms with Gasteiger partial charge in [0.05, 0.1) is 13.2 Å². The molecular weight excluding hydrogens is 246 g/mol. The van der Waals surface area contributed by atoms with Crippen molar-refractivity contribution in [1.29, 1.82) is 0 Å². The number of methoxy groups -OCH3 is 1. The van der Waals surface area contributed by atoms with Gasteiger partial charge in [0.2, 0.25) is 0 Å². The molecule has 0 amide bonds. The van der Waals surface area contributed by atoms with Crippen molar-refractivity contribution in [2.24, 2.45) is 0 Å². The maximum Gasteiger partial charge on any atom is 0.134 e. The van der Waals surface area contributed by atoms with Gasteiger partial charge in [0.25, 0.3) is 0 Å². The molecule has 1 unspecified atom stereocenters. The van der Waals surface area contributed by atoms with E-state index in [1.54, 1.807) is 18.4 Å². The molecule has 0 radical (unpaired) electrons. The second-order valence-corrected chi connectivity index (χ2v) is 5.16. The fourth-order valence-electron chi connectivity index (χ4n) is 1.55. The van der Waals surface area contributed by atoms with Crippen LogP contribution in [0.4, 0.5) is 0 Å². The van der Waals surface area contributed by atoms with E-state index in [2.05, 4.69) is 34.6 Å². The van der Waals surface area contributed by atoms with Crippen molar-refractivity contribution < 1.29 is 4.74 Å². The Labute approximate surface area is 111 Å². The SMILES string of the molecule is CNC(C)c1nnc(Cc2ccc(OC)cc2)s1. The second kappa shape index (κ2) is 5.93. The van der Waals surface area contributed by atoms with E-state index in [0.29, 0.717) is 0 Å². The quantitative estimate of drug-likeness (QED) is 0.900. The summed E-state index contributed by atoms with van der Waals surface area (Å²) in [6.07, 6.45) is 0.818. The topological polar surface area (TPSA) is 47.0 Å². The van der Waals surface area contributed by atoms with Gasteiger partial charge in [-0.1, -0.05) is 23.5 Å². The fourth-order valence-corrected chi connectivity index (χ4v) is 2.49. The van der Waals surface area contributed by atoms with Gasteiger partial charge in [-0.15, -0.1) is 10.2 Å². The van der Waals surface area contributed by atoms with Gasteiger partial charge in [-0.05, 0) is 31.7 Å². The third-order valence-electron chi connectivity index (χ3n) is 2.80. The Hall–Kier alpha value is -1.46. The number of nitrogens with zero attached hydrogens (tertiary/aromatic N) is 2. The van der Waals surface area contributed by atoms with Gasteiger partial charge in [-0.25, -0.2) is 0 Å².